The van der Waals surface area contributed by atoms with Crippen LogP contribution < -0.4 is 0 Å². The van der Waals surface area contributed by atoms with Crippen molar-refractivity contribution in [3.05, 3.63) is 38.9 Å². The average molecular weight is 301 g/mol. The van der Waals surface area contributed by atoms with Crippen LogP contribution in [0.15, 0.2) is 30.5 Å². The van der Waals surface area contributed by atoms with Crippen molar-refractivity contribution in [3.63, 3.8) is 0 Å². The van der Waals surface area contributed by atoms with Crippen molar-refractivity contribution in [3.8, 4) is 10.6 Å². The zero-order chi connectivity index (χ0) is 9.26. The van der Waals surface area contributed by atoms with Gasteiger partial charge < -0.3 is 0 Å². The SMILES string of the molecule is Cc1cnc(-c2cccc(I)c2)s1. The maximum atomic E-state index is 4.34. The number of benzene rings is 1. The molecule has 1 aromatic heterocycles. The largest absolute Gasteiger partial charge is 0.244 e. The van der Waals surface area contributed by atoms with Gasteiger partial charge in [-0.2, -0.15) is 0 Å². The van der Waals surface area contributed by atoms with Crippen molar-refractivity contribution in [2.75, 3.05) is 0 Å². The molecule has 0 aliphatic carbocycles. The number of halogens is 1. The highest BCUT2D eigenvalue weighted by Gasteiger charge is 2.01. The van der Waals surface area contributed by atoms with Crippen molar-refractivity contribution in [2.24, 2.45) is 0 Å². The molecule has 0 aliphatic rings. The van der Waals surface area contributed by atoms with E-state index in [4.69, 9.17) is 0 Å². The van der Waals surface area contributed by atoms with Gasteiger partial charge in [0.1, 0.15) is 5.01 Å². The van der Waals surface area contributed by atoms with Gasteiger partial charge in [-0.25, -0.2) is 4.98 Å². The molecule has 0 N–H and O–H groups in total. The molecule has 0 fully saturated rings. The summed E-state index contributed by atoms with van der Waals surface area (Å²) in [5.41, 5.74) is 1.21. The van der Waals surface area contributed by atoms with E-state index in [1.54, 1.807) is 11.3 Å². The van der Waals surface area contributed by atoms with Crippen LogP contribution in [0.4, 0.5) is 0 Å². The van der Waals surface area contributed by atoms with E-state index in [-0.39, 0.29) is 0 Å². The Hall–Kier alpha value is -0.420. The van der Waals surface area contributed by atoms with E-state index in [0.29, 0.717) is 0 Å². The molecule has 0 radical (unpaired) electrons. The highest BCUT2D eigenvalue weighted by atomic mass is 127. The number of aryl methyl sites for hydroxylation is 1. The van der Waals surface area contributed by atoms with Gasteiger partial charge in [-0.1, -0.05) is 12.1 Å². The van der Waals surface area contributed by atoms with Crippen molar-refractivity contribution >= 4 is 33.9 Å². The van der Waals surface area contributed by atoms with Gasteiger partial charge in [-0.05, 0) is 41.6 Å². The van der Waals surface area contributed by atoms with Gasteiger partial charge in [0.25, 0.3) is 0 Å². The second-order valence-electron chi connectivity index (χ2n) is 2.79. The molecule has 3 heteroatoms. The Bertz CT molecular complexity index is 422. The normalized spacial score (nSPS) is 10.3. The smallest absolute Gasteiger partial charge is 0.123 e. The van der Waals surface area contributed by atoms with Crippen molar-refractivity contribution in [1.29, 1.82) is 0 Å². The summed E-state index contributed by atoms with van der Waals surface area (Å²) < 4.78 is 1.25. The first-order valence-corrected chi connectivity index (χ1v) is 5.83. The highest BCUT2D eigenvalue weighted by Crippen LogP contribution is 2.25. The molecular formula is C10H8INS. The maximum absolute atomic E-state index is 4.34. The highest BCUT2D eigenvalue weighted by molar-refractivity contribution is 14.1. The van der Waals surface area contributed by atoms with E-state index in [0.717, 1.165) is 5.01 Å². The van der Waals surface area contributed by atoms with Crippen molar-refractivity contribution in [2.45, 2.75) is 6.92 Å². The predicted molar refractivity (Wildman–Crippen MR) is 65.0 cm³/mol. The summed E-state index contributed by atoms with van der Waals surface area (Å²) in [5.74, 6) is 0. The first-order chi connectivity index (χ1) is 6.25. The van der Waals surface area contributed by atoms with E-state index in [1.807, 2.05) is 6.20 Å². The zero-order valence-electron chi connectivity index (χ0n) is 7.12. The van der Waals surface area contributed by atoms with Crippen LogP contribution in [-0.4, -0.2) is 4.98 Å². The fourth-order valence-corrected chi connectivity index (χ4v) is 2.41. The van der Waals surface area contributed by atoms with Gasteiger partial charge in [-0.3, -0.25) is 0 Å². The maximum Gasteiger partial charge on any atom is 0.123 e. The molecule has 2 aromatic rings. The molecule has 0 bridgehead atoms. The van der Waals surface area contributed by atoms with Crippen LogP contribution in [0.3, 0.4) is 0 Å². The molecule has 1 aromatic carbocycles. The van der Waals surface area contributed by atoms with Crippen LogP contribution in [0.5, 0.6) is 0 Å². The summed E-state index contributed by atoms with van der Waals surface area (Å²) >= 11 is 4.05. The summed E-state index contributed by atoms with van der Waals surface area (Å²) in [7, 11) is 0. The van der Waals surface area contributed by atoms with E-state index < -0.39 is 0 Å². The van der Waals surface area contributed by atoms with Crippen LogP contribution in [0.1, 0.15) is 4.88 Å². The van der Waals surface area contributed by atoms with Crippen LogP contribution in [0.2, 0.25) is 0 Å². The minimum Gasteiger partial charge on any atom is -0.244 e. The minimum absolute atomic E-state index is 1.11. The molecule has 1 nitrogen and oxygen atoms in total. The monoisotopic (exact) mass is 301 g/mol. The van der Waals surface area contributed by atoms with E-state index in [2.05, 4.69) is 58.8 Å². The summed E-state index contributed by atoms with van der Waals surface area (Å²) in [6.45, 7) is 2.08. The Labute approximate surface area is 95.0 Å². The van der Waals surface area contributed by atoms with E-state index >= 15 is 0 Å². The third kappa shape index (κ3) is 2.08. The molecule has 0 unspecified atom stereocenters. The fourth-order valence-electron chi connectivity index (χ4n) is 1.11. The van der Waals surface area contributed by atoms with E-state index in [1.165, 1.54) is 14.0 Å². The number of aromatic nitrogens is 1. The van der Waals surface area contributed by atoms with Gasteiger partial charge in [0, 0.05) is 20.2 Å². The molecule has 0 aliphatic heterocycles. The Morgan fingerprint density at radius 2 is 2.23 bits per heavy atom. The lowest BCUT2D eigenvalue weighted by Crippen LogP contribution is -1.75. The lowest BCUT2D eigenvalue weighted by molar-refractivity contribution is 1.38. The van der Waals surface area contributed by atoms with Crippen LogP contribution in [0, 0.1) is 10.5 Å². The number of nitrogens with zero attached hydrogens (tertiary/aromatic N) is 1. The zero-order valence-corrected chi connectivity index (χ0v) is 10.1. The average Bonchev–Trinajstić information content (AvgIpc) is 2.52. The van der Waals surface area contributed by atoms with Gasteiger partial charge in [0.05, 0.1) is 0 Å². The van der Waals surface area contributed by atoms with E-state index in [9.17, 15) is 0 Å². The summed E-state index contributed by atoms with van der Waals surface area (Å²) in [4.78, 5) is 5.60. The first kappa shape index (κ1) is 9.15. The topological polar surface area (TPSA) is 12.9 Å². The molecule has 0 atom stereocenters. The Kier molecular flexibility index (Phi) is 2.64. The Morgan fingerprint density at radius 1 is 1.38 bits per heavy atom. The fraction of sp³-hybridized carbons (Fsp3) is 0.100. The standard InChI is InChI=1S/C10H8INS/c1-7-6-12-10(13-7)8-3-2-4-9(11)5-8/h2-6H,1H3. The third-order valence-electron chi connectivity index (χ3n) is 1.69. The number of rotatable bonds is 1. The molecular weight excluding hydrogens is 293 g/mol. The first-order valence-electron chi connectivity index (χ1n) is 3.94. The number of hydrogen-bond donors (Lipinski definition) is 0. The number of hydrogen-bond acceptors (Lipinski definition) is 2. The summed E-state index contributed by atoms with van der Waals surface area (Å²) in [6, 6.07) is 8.40. The van der Waals surface area contributed by atoms with Gasteiger partial charge in [0.15, 0.2) is 0 Å². The van der Waals surface area contributed by atoms with Gasteiger partial charge in [0.2, 0.25) is 0 Å². The molecule has 0 saturated heterocycles. The molecule has 2 rings (SSSR count). The molecule has 66 valence electrons. The third-order valence-corrected chi connectivity index (χ3v) is 3.33. The van der Waals surface area contributed by atoms with Crippen molar-refractivity contribution < 1.29 is 0 Å². The second-order valence-corrected chi connectivity index (χ2v) is 5.27. The minimum atomic E-state index is 1.11. The lowest BCUT2D eigenvalue weighted by Gasteiger charge is -1.95. The lowest BCUT2D eigenvalue weighted by atomic mass is 10.2. The molecule has 0 saturated carbocycles. The van der Waals surface area contributed by atoms with Crippen LogP contribution in [-0.2, 0) is 0 Å². The molecule has 13 heavy (non-hydrogen) atoms. The summed E-state index contributed by atoms with van der Waals surface area (Å²) in [5, 5.41) is 1.11. The van der Waals surface area contributed by atoms with Gasteiger partial charge >= 0.3 is 0 Å². The Morgan fingerprint density at radius 3 is 2.85 bits per heavy atom. The molecule has 1 heterocycles. The van der Waals surface area contributed by atoms with Gasteiger partial charge in [-0.15, -0.1) is 11.3 Å². The Balaban J connectivity index is 2.46. The quantitative estimate of drug-likeness (QED) is 0.732. The number of thiazole rings is 1. The molecule has 0 spiro atoms. The van der Waals surface area contributed by atoms with Crippen molar-refractivity contribution in [1.82, 2.24) is 4.98 Å². The predicted octanol–water partition coefficient (Wildman–Crippen LogP) is 3.72. The van der Waals surface area contributed by atoms with Crippen LogP contribution >= 0.6 is 33.9 Å². The van der Waals surface area contributed by atoms with Crippen LogP contribution in [0.25, 0.3) is 10.6 Å². The second kappa shape index (κ2) is 3.75. The molecule has 0 amide bonds. The summed E-state index contributed by atoms with van der Waals surface area (Å²) in [6.07, 6.45) is 1.92.